The van der Waals surface area contributed by atoms with E-state index in [1.807, 2.05) is 0 Å². The van der Waals surface area contributed by atoms with E-state index < -0.39 is 42.5 Å². The molecule has 0 spiro atoms. The standard InChI is InChI=1S/C10H16N2O6/c1-10(18-3-8(15)16)4-12(5-10)9(17)6(11)2-7(13)14/h6H,2-5,11H2,1H3,(H,13,14)(H,15,16). The number of hydrogen-bond donors (Lipinski definition) is 3. The van der Waals surface area contributed by atoms with Gasteiger partial charge in [0.05, 0.1) is 25.6 Å². The largest absolute Gasteiger partial charge is 0.481 e. The second-order valence-electron chi connectivity index (χ2n) is 4.53. The average molecular weight is 260 g/mol. The number of rotatable bonds is 6. The monoisotopic (exact) mass is 260 g/mol. The van der Waals surface area contributed by atoms with E-state index >= 15 is 0 Å². The van der Waals surface area contributed by atoms with E-state index in [2.05, 4.69) is 0 Å². The maximum atomic E-state index is 11.7. The van der Waals surface area contributed by atoms with Crippen LogP contribution in [0.4, 0.5) is 0 Å². The topological polar surface area (TPSA) is 130 Å². The summed E-state index contributed by atoms with van der Waals surface area (Å²) in [5.74, 6) is -2.68. The fourth-order valence-electron chi connectivity index (χ4n) is 1.75. The molecule has 1 heterocycles. The quantitative estimate of drug-likeness (QED) is 0.529. The number of carbonyl (C=O) groups is 3. The summed E-state index contributed by atoms with van der Waals surface area (Å²) >= 11 is 0. The van der Waals surface area contributed by atoms with Crippen molar-refractivity contribution < 1.29 is 29.3 Å². The zero-order chi connectivity index (χ0) is 13.9. The van der Waals surface area contributed by atoms with Crippen molar-refractivity contribution in [2.45, 2.75) is 25.0 Å². The Bertz CT molecular complexity index is 363. The minimum Gasteiger partial charge on any atom is -0.481 e. The van der Waals surface area contributed by atoms with Gasteiger partial charge in [-0.3, -0.25) is 9.59 Å². The van der Waals surface area contributed by atoms with Gasteiger partial charge in [0.25, 0.3) is 0 Å². The van der Waals surface area contributed by atoms with Gasteiger partial charge in [0.2, 0.25) is 5.91 Å². The molecule has 1 saturated heterocycles. The van der Waals surface area contributed by atoms with Crippen LogP contribution in [0.3, 0.4) is 0 Å². The molecule has 4 N–H and O–H groups in total. The van der Waals surface area contributed by atoms with E-state index in [4.69, 9.17) is 20.7 Å². The number of nitrogens with two attached hydrogens (primary N) is 1. The van der Waals surface area contributed by atoms with Gasteiger partial charge >= 0.3 is 11.9 Å². The molecule has 8 heteroatoms. The van der Waals surface area contributed by atoms with Gasteiger partial charge in [0, 0.05) is 0 Å². The molecule has 0 aromatic heterocycles. The molecule has 1 atom stereocenters. The van der Waals surface area contributed by atoms with E-state index in [1.54, 1.807) is 6.92 Å². The summed E-state index contributed by atoms with van der Waals surface area (Å²) in [6.45, 7) is 1.68. The summed E-state index contributed by atoms with van der Waals surface area (Å²) in [5.41, 5.74) is 4.73. The summed E-state index contributed by atoms with van der Waals surface area (Å²) in [6.07, 6.45) is -0.429. The van der Waals surface area contributed by atoms with Crippen molar-refractivity contribution in [3.8, 4) is 0 Å². The Morgan fingerprint density at radius 3 is 2.33 bits per heavy atom. The summed E-state index contributed by atoms with van der Waals surface area (Å²) in [7, 11) is 0. The predicted octanol–water partition coefficient (Wildman–Crippen LogP) is -1.51. The number of carboxylic acids is 2. The number of amides is 1. The third-order valence-corrected chi connectivity index (χ3v) is 2.62. The molecule has 0 saturated carbocycles. The Labute approximate surface area is 103 Å². The van der Waals surface area contributed by atoms with Crippen LogP contribution in [0.25, 0.3) is 0 Å². The van der Waals surface area contributed by atoms with E-state index in [-0.39, 0.29) is 13.1 Å². The van der Waals surface area contributed by atoms with Gasteiger partial charge in [0.1, 0.15) is 12.2 Å². The van der Waals surface area contributed by atoms with Crippen LogP contribution in [0.5, 0.6) is 0 Å². The Morgan fingerprint density at radius 1 is 1.33 bits per heavy atom. The Hall–Kier alpha value is -1.67. The van der Waals surface area contributed by atoms with Gasteiger partial charge in [-0.05, 0) is 6.92 Å². The van der Waals surface area contributed by atoms with Crippen molar-refractivity contribution >= 4 is 17.8 Å². The molecule has 1 rings (SSSR count). The van der Waals surface area contributed by atoms with Crippen LogP contribution in [-0.2, 0) is 19.1 Å². The molecular weight excluding hydrogens is 244 g/mol. The fraction of sp³-hybridized carbons (Fsp3) is 0.700. The minimum atomic E-state index is -1.14. The van der Waals surface area contributed by atoms with Gasteiger partial charge < -0.3 is 25.6 Å². The molecule has 0 aliphatic carbocycles. The lowest BCUT2D eigenvalue weighted by molar-refractivity contribution is -0.174. The zero-order valence-electron chi connectivity index (χ0n) is 9.96. The lowest BCUT2D eigenvalue weighted by Crippen LogP contribution is -2.66. The van der Waals surface area contributed by atoms with Crippen LogP contribution in [0.2, 0.25) is 0 Å². The van der Waals surface area contributed by atoms with Crippen molar-refractivity contribution in [1.82, 2.24) is 4.90 Å². The number of aliphatic carboxylic acids is 2. The molecule has 0 aromatic rings. The summed E-state index contributed by atoms with van der Waals surface area (Å²) in [5, 5.41) is 17.0. The molecule has 0 bridgehead atoms. The molecule has 18 heavy (non-hydrogen) atoms. The lowest BCUT2D eigenvalue weighted by Gasteiger charge is -2.47. The number of ether oxygens (including phenoxy) is 1. The maximum Gasteiger partial charge on any atom is 0.329 e. The predicted molar refractivity (Wildman–Crippen MR) is 58.8 cm³/mol. The van der Waals surface area contributed by atoms with Crippen LogP contribution in [0.1, 0.15) is 13.3 Å². The highest BCUT2D eigenvalue weighted by Gasteiger charge is 2.44. The van der Waals surface area contributed by atoms with Crippen molar-refractivity contribution in [2.75, 3.05) is 19.7 Å². The van der Waals surface area contributed by atoms with Crippen molar-refractivity contribution in [3.05, 3.63) is 0 Å². The Balaban J connectivity index is 2.38. The number of nitrogens with zero attached hydrogens (tertiary/aromatic N) is 1. The van der Waals surface area contributed by atoms with Crippen LogP contribution >= 0.6 is 0 Å². The first-order chi connectivity index (χ1) is 8.23. The van der Waals surface area contributed by atoms with Crippen LogP contribution in [-0.4, -0.2) is 64.3 Å². The number of carboxylic acid groups (broad SMARTS) is 2. The highest BCUT2D eigenvalue weighted by atomic mass is 16.5. The molecule has 0 aromatic carbocycles. The van der Waals surface area contributed by atoms with E-state index in [0.717, 1.165) is 0 Å². The highest BCUT2D eigenvalue weighted by Crippen LogP contribution is 2.25. The Kier molecular flexibility index (Phi) is 4.25. The molecule has 1 aliphatic rings. The van der Waals surface area contributed by atoms with Gasteiger partial charge in [-0.15, -0.1) is 0 Å². The summed E-state index contributed by atoms with van der Waals surface area (Å²) in [4.78, 5) is 33.8. The van der Waals surface area contributed by atoms with Crippen LogP contribution in [0.15, 0.2) is 0 Å². The minimum absolute atomic E-state index is 0.215. The van der Waals surface area contributed by atoms with E-state index in [0.29, 0.717) is 0 Å². The molecule has 0 radical (unpaired) electrons. The third kappa shape index (κ3) is 3.67. The summed E-state index contributed by atoms with van der Waals surface area (Å²) < 4.78 is 5.12. The number of carbonyl (C=O) groups excluding carboxylic acids is 1. The normalized spacial score (nSPS) is 18.9. The van der Waals surface area contributed by atoms with Crippen LogP contribution in [0, 0.1) is 0 Å². The molecule has 1 fully saturated rings. The first-order valence-electron chi connectivity index (χ1n) is 5.35. The van der Waals surface area contributed by atoms with Gasteiger partial charge in [0.15, 0.2) is 0 Å². The molecule has 1 amide bonds. The van der Waals surface area contributed by atoms with Crippen molar-refractivity contribution in [3.63, 3.8) is 0 Å². The van der Waals surface area contributed by atoms with Crippen molar-refractivity contribution in [2.24, 2.45) is 5.73 Å². The molecular formula is C10H16N2O6. The number of hydrogen-bond acceptors (Lipinski definition) is 5. The van der Waals surface area contributed by atoms with Gasteiger partial charge in [-0.1, -0.05) is 0 Å². The smallest absolute Gasteiger partial charge is 0.329 e. The summed E-state index contributed by atoms with van der Waals surface area (Å²) in [6, 6.07) is -1.08. The third-order valence-electron chi connectivity index (χ3n) is 2.62. The van der Waals surface area contributed by atoms with Gasteiger partial charge in [-0.2, -0.15) is 0 Å². The molecule has 1 unspecified atom stereocenters. The highest BCUT2D eigenvalue weighted by molar-refractivity contribution is 5.86. The molecule has 8 nitrogen and oxygen atoms in total. The maximum absolute atomic E-state index is 11.7. The van der Waals surface area contributed by atoms with E-state index in [1.165, 1.54) is 4.90 Å². The second kappa shape index (κ2) is 5.32. The average Bonchev–Trinajstić information content (AvgIpc) is 2.20. The van der Waals surface area contributed by atoms with Gasteiger partial charge in [-0.25, -0.2) is 4.79 Å². The fourth-order valence-corrected chi connectivity index (χ4v) is 1.75. The Morgan fingerprint density at radius 2 is 1.89 bits per heavy atom. The van der Waals surface area contributed by atoms with Crippen LogP contribution < -0.4 is 5.73 Å². The van der Waals surface area contributed by atoms with E-state index in [9.17, 15) is 14.4 Å². The zero-order valence-corrected chi connectivity index (χ0v) is 9.96. The first-order valence-corrected chi connectivity index (χ1v) is 5.35. The van der Waals surface area contributed by atoms with Crippen molar-refractivity contribution in [1.29, 1.82) is 0 Å². The number of likely N-dealkylation sites (tertiary alicyclic amines) is 1. The first kappa shape index (κ1) is 14.4. The molecule has 102 valence electrons. The second-order valence-corrected chi connectivity index (χ2v) is 4.53. The lowest BCUT2D eigenvalue weighted by atomic mass is 9.95. The molecule has 1 aliphatic heterocycles. The SMILES string of the molecule is CC1(OCC(=O)O)CN(C(=O)C(N)CC(=O)O)C1.